The standard InChI is InChI=1S/C5H11NO2/c7-5-6-1-3-8-4-2-6/h7H,1-5H2. The molecule has 0 saturated carbocycles. The Balaban J connectivity index is 2.13. The molecule has 3 nitrogen and oxygen atoms in total. The minimum absolute atomic E-state index is 0.170. The Kier molecular flexibility index (Phi) is 2.27. The fourth-order valence-corrected chi connectivity index (χ4v) is 0.743. The molecule has 8 heavy (non-hydrogen) atoms. The number of aliphatic hydroxyl groups excluding tert-OH is 1. The fraction of sp³-hybridized carbons (Fsp3) is 1.00. The van der Waals surface area contributed by atoms with Crippen molar-refractivity contribution in [1.82, 2.24) is 4.90 Å². The van der Waals surface area contributed by atoms with E-state index in [1.54, 1.807) is 0 Å². The Hall–Kier alpha value is -0.120. The van der Waals surface area contributed by atoms with E-state index in [2.05, 4.69) is 0 Å². The van der Waals surface area contributed by atoms with Crippen LogP contribution in [0.3, 0.4) is 0 Å². The molecule has 1 N–H and O–H groups in total. The van der Waals surface area contributed by atoms with Crippen molar-refractivity contribution in [2.75, 3.05) is 33.0 Å². The molecular formula is C5H11NO2. The maximum absolute atomic E-state index is 8.56. The van der Waals surface area contributed by atoms with E-state index in [0.29, 0.717) is 0 Å². The molecule has 0 spiro atoms. The van der Waals surface area contributed by atoms with Crippen molar-refractivity contribution in [1.29, 1.82) is 0 Å². The van der Waals surface area contributed by atoms with Crippen molar-refractivity contribution in [2.45, 2.75) is 0 Å². The summed E-state index contributed by atoms with van der Waals surface area (Å²) in [4.78, 5) is 1.95. The second kappa shape index (κ2) is 3.02. The predicted octanol–water partition coefficient (Wildman–Crippen LogP) is -0.732. The van der Waals surface area contributed by atoms with Crippen LogP contribution < -0.4 is 0 Å². The van der Waals surface area contributed by atoms with Crippen LogP contribution in [-0.2, 0) is 4.74 Å². The maximum atomic E-state index is 8.56. The largest absolute Gasteiger partial charge is 0.381 e. The van der Waals surface area contributed by atoms with Gasteiger partial charge in [0, 0.05) is 13.1 Å². The van der Waals surface area contributed by atoms with Crippen molar-refractivity contribution in [3.05, 3.63) is 0 Å². The zero-order valence-corrected chi connectivity index (χ0v) is 4.84. The molecule has 0 aromatic rings. The van der Waals surface area contributed by atoms with E-state index >= 15 is 0 Å². The molecule has 0 bridgehead atoms. The molecule has 1 heterocycles. The lowest BCUT2D eigenvalue weighted by molar-refractivity contribution is -0.00309. The summed E-state index contributed by atoms with van der Waals surface area (Å²) in [6.45, 7) is 3.44. The third-order valence-electron chi connectivity index (χ3n) is 1.30. The first-order chi connectivity index (χ1) is 3.93. The highest BCUT2D eigenvalue weighted by Gasteiger charge is 2.06. The van der Waals surface area contributed by atoms with Crippen molar-refractivity contribution in [2.24, 2.45) is 0 Å². The van der Waals surface area contributed by atoms with Gasteiger partial charge in [0.2, 0.25) is 0 Å². The number of aliphatic hydroxyl groups is 1. The zero-order valence-electron chi connectivity index (χ0n) is 4.84. The van der Waals surface area contributed by atoms with Gasteiger partial charge in [-0.3, -0.25) is 4.90 Å². The van der Waals surface area contributed by atoms with Crippen molar-refractivity contribution in [3.63, 3.8) is 0 Å². The van der Waals surface area contributed by atoms with Gasteiger partial charge in [0.05, 0.1) is 19.9 Å². The molecule has 0 aromatic heterocycles. The van der Waals surface area contributed by atoms with E-state index in [1.165, 1.54) is 0 Å². The predicted molar refractivity (Wildman–Crippen MR) is 29.5 cm³/mol. The molecule has 0 unspecified atom stereocenters. The summed E-state index contributed by atoms with van der Waals surface area (Å²) in [7, 11) is 0. The molecular weight excluding hydrogens is 106 g/mol. The summed E-state index contributed by atoms with van der Waals surface area (Å²) in [5.41, 5.74) is 0. The van der Waals surface area contributed by atoms with E-state index in [9.17, 15) is 0 Å². The first kappa shape index (κ1) is 6.01. The fourth-order valence-electron chi connectivity index (χ4n) is 0.743. The van der Waals surface area contributed by atoms with E-state index in [0.717, 1.165) is 26.3 Å². The lowest BCUT2D eigenvalue weighted by atomic mass is 10.5. The molecule has 1 fully saturated rings. The number of morpholine rings is 1. The molecule has 0 aliphatic carbocycles. The summed E-state index contributed by atoms with van der Waals surface area (Å²) in [6.07, 6.45) is 0. The van der Waals surface area contributed by atoms with E-state index in [4.69, 9.17) is 9.84 Å². The van der Waals surface area contributed by atoms with Crippen LogP contribution in [0.5, 0.6) is 0 Å². The number of ether oxygens (including phenoxy) is 1. The van der Waals surface area contributed by atoms with Crippen molar-refractivity contribution >= 4 is 0 Å². The molecule has 0 amide bonds. The third-order valence-corrected chi connectivity index (χ3v) is 1.30. The molecule has 0 aromatic carbocycles. The van der Waals surface area contributed by atoms with Gasteiger partial charge < -0.3 is 9.84 Å². The minimum Gasteiger partial charge on any atom is -0.381 e. The Bertz CT molecular complexity index is 61.4. The molecule has 1 aliphatic rings. The van der Waals surface area contributed by atoms with E-state index in [1.807, 2.05) is 4.90 Å². The monoisotopic (exact) mass is 117 g/mol. The first-order valence-electron chi connectivity index (χ1n) is 2.84. The van der Waals surface area contributed by atoms with Crippen LogP contribution in [0.25, 0.3) is 0 Å². The van der Waals surface area contributed by atoms with Gasteiger partial charge in [-0.15, -0.1) is 0 Å². The van der Waals surface area contributed by atoms with Crippen LogP contribution in [0.2, 0.25) is 0 Å². The second-order valence-corrected chi connectivity index (χ2v) is 1.87. The molecule has 1 rings (SSSR count). The zero-order chi connectivity index (χ0) is 5.82. The van der Waals surface area contributed by atoms with Gasteiger partial charge in [-0.05, 0) is 0 Å². The molecule has 0 atom stereocenters. The van der Waals surface area contributed by atoms with Gasteiger partial charge in [0.25, 0.3) is 0 Å². The van der Waals surface area contributed by atoms with Gasteiger partial charge in [-0.25, -0.2) is 0 Å². The lowest BCUT2D eigenvalue weighted by Gasteiger charge is -2.23. The van der Waals surface area contributed by atoms with Crippen molar-refractivity contribution in [3.8, 4) is 0 Å². The lowest BCUT2D eigenvalue weighted by Crippen LogP contribution is -2.36. The van der Waals surface area contributed by atoms with Gasteiger partial charge in [-0.2, -0.15) is 0 Å². The van der Waals surface area contributed by atoms with Gasteiger partial charge in [0.15, 0.2) is 0 Å². The third kappa shape index (κ3) is 1.43. The number of hydrogen-bond acceptors (Lipinski definition) is 3. The maximum Gasteiger partial charge on any atom is 0.0958 e. The smallest absolute Gasteiger partial charge is 0.0958 e. The highest BCUT2D eigenvalue weighted by molar-refractivity contribution is 4.55. The highest BCUT2D eigenvalue weighted by Crippen LogP contribution is 1.92. The quantitative estimate of drug-likeness (QED) is 0.491. The van der Waals surface area contributed by atoms with Crippen LogP contribution in [0, 0.1) is 0 Å². The van der Waals surface area contributed by atoms with Crippen LogP contribution in [0.15, 0.2) is 0 Å². The molecule has 1 saturated heterocycles. The Morgan fingerprint density at radius 3 is 2.38 bits per heavy atom. The van der Waals surface area contributed by atoms with Gasteiger partial charge >= 0.3 is 0 Å². The summed E-state index contributed by atoms with van der Waals surface area (Å²) in [6, 6.07) is 0. The SMILES string of the molecule is OCN1CCOCC1. The highest BCUT2D eigenvalue weighted by atomic mass is 16.5. The molecule has 48 valence electrons. The minimum atomic E-state index is 0.170. The number of hydrogen-bond donors (Lipinski definition) is 1. The first-order valence-corrected chi connectivity index (χ1v) is 2.84. The summed E-state index contributed by atoms with van der Waals surface area (Å²) in [5, 5.41) is 8.56. The number of rotatable bonds is 1. The van der Waals surface area contributed by atoms with Crippen LogP contribution in [-0.4, -0.2) is 43.0 Å². The Morgan fingerprint density at radius 2 is 2.00 bits per heavy atom. The van der Waals surface area contributed by atoms with Crippen LogP contribution >= 0.6 is 0 Å². The van der Waals surface area contributed by atoms with Gasteiger partial charge in [0.1, 0.15) is 0 Å². The summed E-state index contributed by atoms with van der Waals surface area (Å²) < 4.78 is 5.05. The van der Waals surface area contributed by atoms with Crippen molar-refractivity contribution < 1.29 is 9.84 Å². The van der Waals surface area contributed by atoms with E-state index in [-0.39, 0.29) is 6.73 Å². The average molecular weight is 117 g/mol. The summed E-state index contributed by atoms with van der Waals surface area (Å²) >= 11 is 0. The Morgan fingerprint density at radius 1 is 1.38 bits per heavy atom. The van der Waals surface area contributed by atoms with Gasteiger partial charge in [-0.1, -0.05) is 0 Å². The molecule has 1 aliphatic heterocycles. The topological polar surface area (TPSA) is 32.7 Å². The average Bonchev–Trinajstić information content (AvgIpc) is 1.90. The molecule has 3 heteroatoms. The second-order valence-electron chi connectivity index (χ2n) is 1.87. The Labute approximate surface area is 48.9 Å². The number of nitrogens with zero attached hydrogens (tertiary/aromatic N) is 1. The normalized spacial score (nSPS) is 23.6. The van der Waals surface area contributed by atoms with Crippen LogP contribution in [0.4, 0.5) is 0 Å². The summed E-state index contributed by atoms with van der Waals surface area (Å²) in [5.74, 6) is 0. The van der Waals surface area contributed by atoms with E-state index < -0.39 is 0 Å². The molecule has 0 radical (unpaired) electrons. The van der Waals surface area contributed by atoms with Crippen LogP contribution in [0.1, 0.15) is 0 Å².